The highest BCUT2D eigenvalue weighted by Crippen LogP contribution is 2.34. The number of likely N-dealkylation sites (tertiary alicyclic amines) is 1. The van der Waals surface area contributed by atoms with Gasteiger partial charge < -0.3 is 19.5 Å². The van der Waals surface area contributed by atoms with E-state index in [0.717, 1.165) is 37.1 Å². The summed E-state index contributed by atoms with van der Waals surface area (Å²) in [5.41, 5.74) is 0.731. The third-order valence-corrected chi connectivity index (χ3v) is 5.90. The lowest BCUT2D eigenvalue weighted by Gasteiger charge is -2.36. The Morgan fingerprint density at radius 1 is 1.28 bits per heavy atom. The first-order valence-corrected chi connectivity index (χ1v) is 10.3. The number of amides is 2. The van der Waals surface area contributed by atoms with E-state index in [4.69, 9.17) is 9.26 Å². The van der Waals surface area contributed by atoms with Crippen molar-refractivity contribution in [2.45, 2.75) is 50.7 Å². The minimum Gasteiger partial charge on any atom is -0.376 e. The first-order chi connectivity index (χ1) is 14.1. The molecule has 3 heterocycles. The van der Waals surface area contributed by atoms with E-state index in [9.17, 15) is 9.59 Å². The average molecular weight is 397 g/mol. The number of ether oxygens (including phenoxy) is 1. The summed E-state index contributed by atoms with van der Waals surface area (Å²) in [6.07, 6.45) is 3.72. The second-order valence-electron chi connectivity index (χ2n) is 7.87. The Morgan fingerprint density at radius 2 is 2.10 bits per heavy atom. The molecular formula is C22H27N3O4. The third-order valence-electron chi connectivity index (χ3n) is 5.90. The van der Waals surface area contributed by atoms with E-state index in [0.29, 0.717) is 31.7 Å². The molecule has 2 aliphatic rings. The predicted octanol–water partition coefficient (Wildman–Crippen LogP) is 2.56. The molecule has 2 amide bonds. The van der Waals surface area contributed by atoms with Crippen LogP contribution in [0.15, 0.2) is 40.9 Å². The van der Waals surface area contributed by atoms with E-state index in [2.05, 4.69) is 10.5 Å². The van der Waals surface area contributed by atoms with E-state index in [1.165, 1.54) is 6.92 Å². The number of rotatable bonds is 6. The van der Waals surface area contributed by atoms with Crippen molar-refractivity contribution < 1.29 is 18.8 Å². The summed E-state index contributed by atoms with van der Waals surface area (Å²) in [5.74, 6) is 0.361. The van der Waals surface area contributed by atoms with Crippen LogP contribution in [0.1, 0.15) is 38.4 Å². The lowest BCUT2D eigenvalue weighted by atomic mass is 9.89. The molecule has 0 spiro atoms. The molecule has 4 rings (SSSR count). The summed E-state index contributed by atoms with van der Waals surface area (Å²) in [6.45, 7) is 3.30. The molecule has 1 N–H and O–H groups in total. The number of nitrogens with one attached hydrogen (secondary N) is 1. The number of carbonyl (C=O) groups excluding carboxylic acids is 2. The van der Waals surface area contributed by atoms with Crippen molar-refractivity contribution >= 4 is 11.8 Å². The molecular weight excluding hydrogens is 370 g/mol. The Morgan fingerprint density at radius 3 is 2.83 bits per heavy atom. The Bertz CT molecular complexity index is 860. The molecule has 0 saturated carbocycles. The summed E-state index contributed by atoms with van der Waals surface area (Å²) < 4.78 is 11.2. The highest BCUT2D eigenvalue weighted by atomic mass is 16.5. The lowest BCUT2D eigenvalue weighted by molar-refractivity contribution is -0.144. The van der Waals surface area contributed by atoms with Gasteiger partial charge in [0.25, 0.3) is 0 Å². The molecule has 0 unspecified atom stereocenters. The van der Waals surface area contributed by atoms with Gasteiger partial charge in [0.2, 0.25) is 11.8 Å². The molecule has 1 aromatic carbocycles. The quantitative estimate of drug-likeness (QED) is 0.810. The Balaban J connectivity index is 1.55. The number of carbonyl (C=O) groups is 2. The molecule has 7 heteroatoms. The van der Waals surface area contributed by atoms with Crippen molar-refractivity contribution in [3.8, 4) is 11.3 Å². The first kappa shape index (κ1) is 19.6. The van der Waals surface area contributed by atoms with E-state index in [1.807, 2.05) is 36.4 Å². The van der Waals surface area contributed by atoms with Crippen LogP contribution < -0.4 is 5.32 Å². The van der Waals surface area contributed by atoms with Crippen LogP contribution in [0.4, 0.5) is 0 Å². The summed E-state index contributed by atoms with van der Waals surface area (Å²) in [6, 6.07) is 11.6. The number of nitrogens with zero attached hydrogens (tertiary/aromatic N) is 2. The normalized spacial score (nSPS) is 24.0. The van der Waals surface area contributed by atoms with Gasteiger partial charge in [-0.1, -0.05) is 35.5 Å². The van der Waals surface area contributed by atoms with Gasteiger partial charge >= 0.3 is 0 Å². The van der Waals surface area contributed by atoms with Crippen LogP contribution in [0.3, 0.4) is 0 Å². The van der Waals surface area contributed by atoms with E-state index in [1.54, 1.807) is 4.90 Å². The average Bonchev–Trinajstić information content (AvgIpc) is 3.48. The standard InChI is InChI=1S/C22H27N3O4/c1-16(26)25-11-6-10-22(25,21(27)23-15-18-9-5-12-28-18)14-19-13-20(24-29-19)17-7-3-2-4-8-17/h2-4,7-8,13,18H,5-6,9-12,14-15H2,1H3,(H,23,27)/t18-,22+/m0/s1. The summed E-state index contributed by atoms with van der Waals surface area (Å²) in [5, 5.41) is 7.20. The number of benzene rings is 1. The molecule has 0 bridgehead atoms. The van der Waals surface area contributed by atoms with Gasteiger partial charge in [-0.15, -0.1) is 0 Å². The summed E-state index contributed by atoms with van der Waals surface area (Å²) >= 11 is 0. The fourth-order valence-electron chi connectivity index (χ4n) is 4.44. The minimum absolute atomic E-state index is 0.0538. The zero-order chi connectivity index (χ0) is 20.3. The molecule has 0 radical (unpaired) electrons. The van der Waals surface area contributed by atoms with Crippen molar-refractivity contribution in [3.63, 3.8) is 0 Å². The van der Waals surface area contributed by atoms with Gasteiger partial charge in [-0.05, 0) is 25.7 Å². The molecule has 2 atom stereocenters. The molecule has 154 valence electrons. The Kier molecular flexibility index (Phi) is 5.67. The second-order valence-corrected chi connectivity index (χ2v) is 7.87. The predicted molar refractivity (Wildman–Crippen MR) is 107 cm³/mol. The van der Waals surface area contributed by atoms with Crippen molar-refractivity contribution in [2.24, 2.45) is 0 Å². The van der Waals surface area contributed by atoms with Gasteiger partial charge in [-0.3, -0.25) is 9.59 Å². The van der Waals surface area contributed by atoms with E-state index < -0.39 is 5.54 Å². The molecule has 29 heavy (non-hydrogen) atoms. The van der Waals surface area contributed by atoms with Gasteiger partial charge in [0, 0.05) is 44.7 Å². The lowest BCUT2D eigenvalue weighted by Crippen LogP contribution is -2.59. The van der Waals surface area contributed by atoms with Crippen molar-refractivity contribution in [2.75, 3.05) is 19.7 Å². The second kappa shape index (κ2) is 8.37. The van der Waals surface area contributed by atoms with Crippen LogP contribution in [0.2, 0.25) is 0 Å². The zero-order valence-electron chi connectivity index (χ0n) is 16.7. The Hall–Kier alpha value is -2.67. The number of hydrogen-bond acceptors (Lipinski definition) is 5. The SMILES string of the molecule is CC(=O)N1CCC[C@@]1(Cc1cc(-c2ccccc2)no1)C(=O)NC[C@@H]1CCCO1. The van der Waals surface area contributed by atoms with E-state index in [-0.39, 0.29) is 17.9 Å². The number of hydrogen-bond donors (Lipinski definition) is 1. The van der Waals surface area contributed by atoms with E-state index >= 15 is 0 Å². The molecule has 1 aromatic heterocycles. The van der Waals surface area contributed by atoms with Gasteiger partial charge in [-0.2, -0.15) is 0 Å². The van der Waals surface area contributed by atoms with Crippen molar-refractivity contribution in [1.29, 1.82) is 0 Å². The maximum absolute atomic E-state index is 13.3. The maximum Gasteiger partial charge on any atom is 0.246 e. The van der Waals surface area contributed by atoms with Gasteiger partial charge in [0.1, 0.15) is 17.0 Å². The molecule has 7 nitrogen and oxygen atoms in total. The zero-order valence-corrected chi connectivity index (χ0v) is 16.7. The first-order valence-electron chi connectivity index (χ1n) is 10.3. The van der Waals surface area contributed by atoms with Crippen LogP contribution in [0.5, 0.6) is 0 Å². The highest BCUT2D eigenvalue weighted by Gasteiger charge is 2.49. The monoisotopic (exact) mass is 397 g/mol. The van der Waals surface area contributed by atoms with Crippen LogP contribution in [-0.2, 0) is 20.7 Å². The van der Waals surface area contributed by atoms with Crippen molar-refractivity contribution in [3.05, 3.63) is 42.2 Å². The van der Waals surface area contributed by atoms with Crippen LogP contribution in [0.25, 0.3) is 11.3 Å². The van der Waals surface area contributed by atoms with Crippen LogP contribution >= 0.6 is 0 Å². The Labute approximate surface area is 170 Å². The summed E-state index contributed by atoms with van der Waals surface area (Å²) in [4.78, 5) is 27.3. The minimum atomic E-state index is -0.946. The highest BCUT2D eigenvalue weighted by molar-refractivity contribution is 5.92. The van der Waals surface area contributed by atoms with Gasteiger partial charge in [0.05, 0.1) is 6.10 Å². The van der Waals surface area contributed by atoms with Crippen LogP contribution in [0, 0.1) is 0 Å². The number of aromatic nitrogens is 1. The van der Waals surface area contributed by atoms with Crippen LogP contribution in [-0.4, -0.2) is 53.2 Å². The molecule has 2 aromatic rings. The van der Waals surface area contributed by atoms with Gasteiger partial charge in [0.15, 0.2) is 0 Å². The molecule has 2 saturated heterocycles. The molecule has 2 fully saturated rings. The smallest absolute Gasteiger partial charge is 0.246 e. The fourth-order valence-corrected chi connectivity index (χ4v) is 4.44. The largest absolute Gasteiger partial charge is 0.376 e. The topological polar surface area (TPSA) is 84.7 Å². The fraction of sp³-hybridized carbons (Fsp3) is 0.500. The van der Waals surface area contributed by atoms with Gasteiger partial charge in [-0.25, -0.2) is 0 Å². The molecule has 0 aliphatic carbocycles. The molecule has 2 aliphatic heterocycles. The maximum atomic E-state index is 13.3. The summed E-state index contributed by atoms with van der Waals surface area (Å²) in [7, 11) is 0. The third kappa shape index (κ3) is 4.05. The van der Waals surface area contributed by atoms with Crippen molar-refractivity contribution in [1.82, 2.24) is 15.4 Å².